The van der Waals surface area contributed by atoms with Crippen LogP contribution in [0.2, 0.25) is 0 Å². The van der Waals surface area contributed by atoms with Crippen molar-refractivity contribution >= 4 is 43.6 Å². The number of fused-ring (bicyclic) bond motifs is 5. The van der Waals surface area contributed by atoms with Gasteiger partial charge in [-0.15, -0.1) is 0 Å². The zero-order chi connectivity index (χ0) is 25.8. The van der Waals surface area contributed by atoms with Crippen LogP contribution in [0.1, 0.15) is 0 Å². The quantitative estimate of drug-likeness (QED) is 0.243. The first-order chi connectivity index (χ1) is 19.3. The fourth-order valence-corrected chi connectivity index (χ4v) is 5.24. The van der Waals surface area contributed by atoms with Crippen LogP contribution in [-0.2, 0) is 0 Å². The average molecular weight is 501 g/mol. The molecule has 0 aliphatic carbocycles. The Kier molecular flexibility index (Phi) is 4.76. The van der Waals surface area contributed by atoms with Crippen molar-refractivity contribution in [2.75, 3.05) is 0 Å². The van der Waals surface area contributed by atoms with Gasteiger partial charge in [-0.05, 0) is 51.9 Å². The highest BCUT2D eigenvalue weighted by atomic mass is 16.3. The van der Waals surface area contributed by atoms with E-state index in [9.17, 15) is 0 Å². The highest BCUT2D eigenvalue weighted by Crippen LogP contribution is 2.36. The third-order valence-corrected chi connectivity index (χ3v) is 7.15. The third kappa shape index (κ3) is 3.63. The Bertz CT molecular complexity index is 2100. The second kappa shape index (κ2) is 8.57. The lowest BCUT2D eigenvalue weighted by Gasteiger charge is -2.10. The largest absolute Gasteiger partial charge is 0.454 e. The van der Waals surface area contributed by atoms with E-state index < -0.39 is 0 Å². The summed E-state index contributed by atoms with van der Waals surface area (Å²) in [6.07, 6.45) is 1.78. The molecular weight excluding hydrogens is 480 g/mol. The second-order valence-corrected chi connectivity index (χ2v) is 9.56. The molecule has 0 radical (unpaired) electrons. The van der Waals surface area contributed by atoms with Crippen LogP contribution in [0.5, 0.6) is 0 Å². The lowest BCUT2D eigenvalue weighted by molar-refractivity contribution is 0.668. The summed E-state index contributed by atoms with van der Waals surface area (Å²) in [5.74, 6) is 1.81. The molecule has 39 heavy (non-hydrogen) atoms. The molecule has 0 fully saturated rings. The van der Waals surface area contributed by atoms with Gasteiger partial charge in [0.05, 0.1) is 5.39 Å². The molecule has 0 unspecified atom stereocenters. The van der Waals surface area contributed by atoms with E-state index in [1.807, 2.05) is 54.6 Å². The van der Waals surface area contributed by atoms with Crippen molar-refractivity contribution in [3.63, 3.8) is 0 Å². The number of benzene rings is 5. The van der Waals surface area contributed by atoms with Gasteiger partial charge >= 0.3 is 0 Å². The molecule has 0 bridgehead atoms. The standard InChI is InChI=1S/C34H20N4O/c1-3-9-23-19-25(16-14-21(23)7-1)32-36-33(26-17-15-22-8-2-4-10-24(22)20-26)38-34(37-32)27-11-5-12-28-30(27)31-29(39-28)13-6-18-35-31/h1-20H. The summed E-state index contributed by atoms with van der Waals surface area (Å²) >= 11 is 0. The molecule has 8 rings (SSSR count). The summed E-state index contributed by atoms with van der Waals surface area (Å²) < 4.78 is 6.11. The average Bonchev–Trinajstić information content (AvgIpc) is 3.39. The lowest BCUT2D eigenvalue weighted by atomic mass is 10.0. The van der Waals surface area contributed by atoms with E-state index in [0.29, 0.717) is 17.5 Å². The van der Waals surface area contributed by atoms with Crippen LogP contribution in [-0.4, -0.2) is 19.9 Å². The molecule has 0 amide bonds. The second-order valence-electron chi connectivity index (χ2n) is 9.56. The van der Waals surface area contributed by atoms with Crippen molar-refractivity contribution in [3.05, 3.63) is 121 Å². The van der Waals surface area contributed by atoms with Crippen molar-refractivity contribution in [1.82, 2.24) is 19.9 Å². The van der Waals surface area contributed by atoms with Gasteiger partial charge in [0.25, 0.3) is 0 Å². The van der Waals surface area contributed by atoms with Gasteiger partial charge in [-0.1, -0.05) is 84.9 Å². The molecule has 0 saturated carbocycles. The Morgan fingerprint density at radius 3 is 1.72 bits per heavy atom. The van der Waals surface area contributed by atoms with Crippen molar-refractivity contribution < 1.29 is 4.42 Å². The summed E-state index contributed by atoms with van der Waals surface area (Å²) in [4.78, 5) is 19.6. The van der Waals surface area contributed by atoms with Gasteiger partial charge in [0.15, 0.2) is 23.1 Å². The van der Waals surface area contributed by atoms with Crippen LogP contribution in [0, 0.1) is 0 Å². The van der Waals surface area contributed by atoms with E-state index in [2.05, 4.69) is 65.6 Å². The Morgan fingerprint density at radius 2 is 1.05 bits per heavy atom. The van der Waals surface area contributed by atoms with Crippen molar-refractivity contribution in [1.29, 1.82) is 0 Å². The predicted molar refractivity (Wildman–Crippen MR) is 156 cm³/mol. The van der Waals surface area contributed by atoms with Crippen molar-refractivity contribution in [2.45, 2.75) is 0 Å². The van der Waals surface area contributed by atoms with Crippen LogP contribution in [0.4, 0.5) is 0 Å². The van der Waals surface area contributed by atoms with Crippen LogP contribution in [0.25, 0.3) is 77.8 Å². The first-order valence-electron chi connectivity index (χ1n) is 12.8. The Morgan fingerprint density at radius 1 is 0.462 bits per heavy atom. The van der Waals surface area contributed by atoms with Crippen LogP contribution in [0.3, 0.4) is 0 Å². The van der Waals surface area contributed by atoms with Crippen molar-refractivity contribution in [2.24, 2.45) is 0 Å². The molecule has 8 aromatic rings. The summed E-state index contributed by atoms with van der Waals surface area (Å²) in [6.45, 7) is 0. The fraction of sp³-hybridized carbons (Fsp3) is 0. The molecule has 182 valence electrons. The molecular formula is C34H20N4O. The highest BCUT2D eigenvalue weighted by Gasteiger charge is 2.18. The minimum absolute atomic E-state index is 0.579. The molecule has 5 heteroatoms. The Balaban J connectivity index is 1.40. The topological polar surface area (TPSA) is 64.7 Å². The summed E-state index contributed by atoms with van der Waals surface area (Å²) in [7, 11) is 0. The molecule has 0 saturated heterocycles. The summed E-state index contributed by atoms with van der Waals surface area (Å²) in [5, 5.41) is 5.51. The number of hydrogen-bond donors (Lipinski definition) is 0. The molecule has 5 nitrogen and oxygen atoms in total. The number of aromatic nitrogens is 4. The van der Waals surface area contributed by atoms with Gasteiger partial charge < -0.3 is 4.42 Å². The van der Waals surface area contributed by atoms with E-state index in [-0.39, 0.29) is 0 Å². The number of nitrogens with zero attached hydrogens (tertiary/aromatic N) is 4. The highest BCUT2D eigenvalue weighted by molar-refractivity contribution is 6.09. The van der Waals surface area contributed by atoms with Gasteiger partial charge in [-0.25, -0.2) is 15.0 Å². The molecule has 0 aliphatic rings. The van der Waals surface area contributed by atoms with Crippen LogP contribution >= 0.6 is 0 Å². The third-order valence-electron chi connectivity index (χ3n) is 7.15. The van der Waals surface area contributed by atoms with Crippen molar-refractivity contribution in [3.8, 4) is 34.2 Å². The first-order valence-corrected chi connectivity index (χ1v) is 12.8. The van der Waals surface area contributed by atoms with E-state index >= 15 is 0 Å². The maximum atomic E-state index is 6.11. The molecule has 3 aromatic heterocycles. The maximum Gasteiger partial charge on any atom is 0.164 e. The smallest absolute Gasteiger partial charge is 0.164 e. The monoisotopic (exact) mass is 500 g/mol. The van der Waals surface area contributed by atoms with E-state index in [1.54, 1.807) is 6.20 Å². The van der Waals surface area contributed by atoms with Gasteiger partial charge in [0.2, 0.25) is 0 Å². The number of hydrogen-bond acceptors (Lipinski definition) is 5. The van der Waals surface area contributed by atoms with Gasteiger partial charge in [0.1, 0.15) is 11.1 Å². The summed E-state index contributed by atoms with van der Waals surface area (Å²) in [5.41, 5.74) is 5.00. The molecule has 0 aliphatic heterocycles. The fourth-order valence-electron chi connectivity index (χ4n) is 5.24. The Hall–Kier alpha value is -5.42. The van der Waals surface area contributed by atoms with Crippen LogP contribution < -0.4 is 0 Å². The van der Waals surface area contributed by atoms with Crippen LogP contribution in [0.15, 0.2) is 126 Å². The summed E-state index contributed by atoms with van der Waals surface area (Å²) in [6, 6.07) is 39.0. The van der Waals surface area contributed by atoms with Gasteiger partial charge in [-0.3, -0.25) is 4.98 Å². The Labute approximate surface area is 223 Å². The normalized spacial score (nSPS) is 11.6. The zero-order valence-corrected chi connectivity index (χ0v) is 20.7. The molecule has 5 aromatic carbocycles. The van der Waals surface area contributed by atoms with E-state index in [0.717, 1.165) is 49.5 Å². The molecule has 0 spiro atoms. The van der Waals surface area contributed by atoms with Gasteiger partial charge in [-0.2, -0.15) is 0 Å². The number of rotatable bonds is 3. The first kappa shape index (κ1) is 21.6. The minimum Gasteiger partial charge on any atom is -0.454 e. The zero-order valence-electron chi connectivity index (χ0n) is 20.7. The van der Waals surface area contributed by atoms with Gasteiger partial charge in [0, 0.05) is 22.9 Å². The maximum absolute atomic E-state index is 6.11. The molecule has 3 heterocycles. The molecule has 0 N–H and O–H groups in total. The number of furan rings is 1. The van der Waals surface area contributed by atoms with E-state index in [4.69, 9.17) is 19.4 Å². The minimum atomic E-state index is 0.579. The lowest BCUT2D eigenvalue weighted by Crippen LogP contribution is -2.00. The SMILES string of the molecule is c1ccc2cc(-c3nc(-c4ccc5ccccc5c4)nc(-c4cccc5oc6cccnc6c45)n3)ccc2c1. The number of pyridine rings is 1. The predicted octanol–water partition coefficient (Wildman–Crippen LogP) is 8.47. The molecule has 0 atom stereocenters. The van der Waals surface area contributed by atoms with E-state index in [1.165, 1.54) is 10.8 Å².